The molecule has 0 aromatic heterocycles. The molecule has 0 radical (unpaired) electrons. The molecular weight excluding hydrogens is 366 g/mol. The summed E-state index contributed by atoms with van der Waals surface area (Å²) in [5, 5.41) is 11.6. The smallest absolute Gasteiger partial charge is 0.328 e. The summed E-state index contributed by atoms with van der Waals surface area (Å²) in [6.45, 7) is 1.60. The average Bonchev–Trinajstić information content (AvgIpc) is 2.58. The summed E-state index contributed by atoms with van der Waals surface area (Å²) in [5.74, 6) is -1.72. The summed E-state index contributed by atoms with van der Waals surface area (Å²) in [6.07, 6.45) is 0. The number of aliphatic carboxylic acids is 1. The molecule has 2 aliphatic rings. The molecule has 2 fully saturated rings. The van der Waals surface area contributed by atoms with E-state index in [1.54, 1.807) is 31.2 Å². The van der Waals surface area contributed by atoms with Gasteiger partial charge in [0.1, 0.15) is 23.5 Å². The van der Waals surface area contributed by atoms with E-state index in [0.29, 0.717) is 11.3 Å². The van der Waals surface area contributed by atoms with Crippen molar-refractivity contribution >= 4 is 41.1 Å². The molecule has 7 nitrogen and oxygen atoms in total. The molecule has 2 heterocycles. The Hall–Kier alpha value is -1.77. The normalized spacial score (nSPS) is 32.4. The highest BCUT2D eigenvalue weighted by Crippen LogP contribution is 2.45. The lowest BCUT2D eigenvalue weighted by Gasteiger charge is -2.55. The van der Waals surface area contributed by atoms with E-state index >= 15 is 0 Å². The van der Waals surface area contributed by atoms with E-state index in [-0.39, 0.29) is 0 Å². The SMILES string of the molecule is C[C@@]1(Cl)CS[C@@H]2[C@H](NC(=O)C(N)c3ccccc3)C(=O)N2[C@H]1C(=O)O. The highest BCUT2D eigenvalue weighted by Gasteiger charge is 2.61. The number of β-lactam (4-membered cyclic amide) rings is 1. The number of carboxylic acid groups (broad SMARTS) is 1. The molecule has 2 amide bonds. The third-order valence-corrected chi connectivity index (χ3v) is 6.54. The van der Waals surface area contributed by atoms with Gasteiger partial charge in [0.15, 0.2) is 0 Å². The monoisotopic (exact) mass is 383 g/mol. The van der Waals surface area contributed by atoms with E-state index in [1.807, 2.05) is 6.07 Å². The molecule has 4 N–H and O–H groups in total. The predicted octanol–water partition coefficient (Wildman–Crippen LogP) is 0.537. The third kappa shape index (κ3) is 3.09. The van der Waals surface area contributed by atoms with Crippen LogP contribution in [0.25, 0.3) is 0 Å². The molecule has 5 atom stereocenters. The molecule has 9 heteroatoms. The van der Waals surface area contributed by atoms with E-state index in [1.165, 1.54) is 16.7 Å². The number of nitrogens with two attached hydrogens (primary N) is 1. The van der Waals surface area contributed by atoms with Gasteiger partial charge in [0.2, 0.25) is 11.8 Å². The Morgan fingerprint density at radius 1 is 1.44 bits per heavy atom. The number of benzene rings is 1. The van der Waals surface area contributed by atoms with Crippen LogP contribution in [-0.2, 0) is 14.4 Å². The molecule has 0 bridgehead atoms. The van der Waals surface area contributed by atoms with Crippen LogP contribution in [-0.4, -0.2) is 55.9 Å². The first-order chi connectivity index (χ1) is 11.7. The number of carbonyl (C=O) groups excluding carboxylic acids is 2. The molecule has 25 heavy (non-hydrogen) atoms. The number of halogens is 1. The maximum Gasteiger partial charge on any atom is 0.328 e. The van der Waals surface area contributed by atoms with Gasteiger partial charge in [0.25, 0.3) is 0 Å². The Kier molecular flexibility index (Phi) is 4.70. The first-order valence-corrected chi connectivity index (χ1v) is 9.13. The van der Waals surface area contributed by atoms with E-state index in [9.17, 15) is 19.5 Å². The van der Waals surface area contributed by atoms with Crippen LogP contribution in [0.4, 0.5) is 0 Å². The summed E-state index contributed by atoms with van der Waals surface area (Å²) in [5.41, 5.74) is 6.57. The molecule has 1 aromatic rings. The zero-order valence-corrected chi connectivity index (χ0v) is 15.0. The van der Waals surface area contributed by atoms with Gasteiger partial charge in [0.05, 0.1) is 4.87 Å². The lowest BCUT2D eigenvalue weighted by atomic mass is 9.94. The number of alkyl halides is 1. The standard InChI is InChI=1S/C16H18ClN3O4S/c1-16(17)7-25-14-10(13(22)20(14)11(16)15(23)24)19-12(21)9(18)8-5-3-2-4-6-8/h2-6,9-11,14H,7,18H2,1H3,(H,19,21)(H,23,24)/t9?,10-,11+,14-,16-/m1/s1. The number of carbonyl (C=O) groups is 3. The number of thioether (sulfide) groups is 1. The van der Waals surface area contributed by atoms with Crippen molar-refractivity contribution in [1.82, 2.24) is 10.2 Å². The number of amides is 2. The van der Waals surface area contributed by atoms with Gasteiger partial charge in [-0.1, -0.05) is 30.3 Å². The lowest BCUT2D eigenvalue weighted by molar-refractivity contribution is -0.164. The molecule has 0 aliphatic carbocycles. The molecule has 2 saturated heterocycles. The maximum absolute atomic E-state index is 12.4. The van der Waals surface area contributed by atoms with Gasteiger partial charge in [-0.2, -0.15) is 0 Å². The number of nitrogens with zero attached hydrogens (tertiary/aromatic N) is 1. The quantitative estimate of drug-likeness (QED) is 0.516. The minimum atomic E-state index is -1.15. The molecule has 1 unspecified atom stereocenters. The highest BCUT2D eigenvalue weighted by atomic mass is 35.5. The minimum Gasteiger partial charge on any atom is -0.480 e. The molecule has 0 spiro atoms. The van der Waals surface area contributed by atoms with Crippen molar-refractivity contribution in [3.05, 3.63) is 35.9 Å². The summed E-state index contributed by atoms with van der Waals surface area (Å²) >= 11 is 7.63. The number of nitrogens with one attached hydrogen (secondary N) is 1. The highest BCUT2D eigenvalue weighted by molar-refractivity contribution is 8.00. The van der Waals surface area contributed by atoms with Crippen LogP contribution in [0.5, 0.6) is 0 Å². The van der Waals surface area contributed by atoms with E-state index in [2.05, 4.69) is 5.32 Å². The van der Waals surface area contributed by atoms with E-state index in [0.717, 1.165) is 0 Å². The van der Waals surface area contributed by atoms with Crippen molar-refractivity contribution in [3.8, 4) is 0 Å². The molecule has 1 aromatic carbocycles. The second-order valence-electron chi connectivity index (χ2n) is 6.34. The maximum atomic E-state index is 12.4. The first kappa shape index (κ1) is 18.0. The van der Waals surface area contributed by atoms with Crippen molar-refractivity contribution in [3.63, 3.8) is 0 Å². The minimum absolute atomic E-state index is 0.358. The first-order valence-electron chi connectivity index (χ1n) is 7.70. The number of hydrogen-bond donors (Lipinski definition) is 3. The number of carboxylic acids is 1. The van der Waals surface area contributed by atoms with Crippen LogP contribution in [0.3, 0.4) is 0 Å². The van der Waals surface area contributed by atoms with Gasteiger partial charge in [-0.15, -0.1) is 23.4 Å². The Morgan fingerprint density at radius 3 is 2.68 bits per heavy atom. The average molecular weight is 384 g/mol. The zero-order chi connectivity index (χ0) is 18.4. The van der Waals surface area contributed by atoms with Crippen LogP contribution in [0.1, 0.15) is 18.5 Å². The fourth-order valence-electron chi connectivity index (χ4n) is 3.12. The lowest BCUT2D eigenvalue weighted by Crippen LogP contribution is -2.78. The summed E-state index contributed by atoms with van der Waals surface area (Å²) < 4.78 is 0. The number of fused-ring (bicyclic) bond motifs is 1. The van der Waals surface area contributed by atoms with Crippen molar-refractivity contribution in [2.45, 2.75) is 35.3 Å². The second kappa shape index (κ2) is 6.51. The van der Waals surface area contributed by atoms with Gasteiger partial charge < -0.3 is 21.1 Å². The fourth-order valence-corrected chi connectivity index (χ4v) is 4.92. The third-order valence-electron chi connectivity index (χ3n) is 4.44. The molecule has 0 saturated carbocycles. The van der Waals surface area contributed by atoms with Gasteiger partial charge in [-0.3, -0.25) is 9.59 Å². The Balaban J connectivity index is 1.71. The summed E-state index contributed by atoms with van der Waals surface area (Å²) in [7, 11) is 0. The Bertz CT molecular complexity index is 715. The van der Waals surface area contributed by atoms with Crippen molar-refractivity contribution in [1.29, 1.82) is 0 Å². The summed E-state index contributed by atoms with van der Waals surface area (Å²) in [4.78, 5) is 36.5. The van der Waals surface area contributed by atoms with Crippen LogP contribution < -0.4 is 11.1 Å². The van der Waals surface area contributed by atoms with Crippen LogP contribution in [0.15, 0.2) is 30.3 Å². The zero-order valence-electron chi connectivity index (χ0n) is 13.4. The molecular formula is C16H18ClN3O4S. The van der Waals surface area contributed by atoms with E-state index < -0.39 is 46.2 Å². The second-order valence-corrected chi connectivity index (χ2v) is 8.31. The van der Waals surface area contributed by atoms with Gasteiger partial charge >= 0.3 is 5.97 Å². The van der Waals surface area contributed by atoms with Crippen LogP contribution in [0, 0.1) is 0 Å². The van der Waals surface area contributed by atoms with Gasteiger partial charge in [-0.05, 0) is 12.5 Å². The van der Waals surface area contributed by atoms with Crippen LogP contribution in [0.2, 0.25) is 0 Å². The molecule has 3 rings (SSSR count). The number of rotatable bonds is 4. The number of hydrogen-bond acceptors (Lipinski definition) is 5. The van der Waals surface area contributed by atoms with Crippen molar-refractivity contribution in [2.75, 3.05) is 5.75 Å². The van der Waals surface area contributed by atoms with Crippen molar-refractivity contribution in [2.24, 2.45) is 5.73 Å². The largest absolute Gasteiger partial charge is 0.480 e. The van der Waals surface area contributed by atoms with E-state index in [4.69, 9.17) is 17.3 Å². The Morgan fingerprint density at radius 2 is 2.08 bits per heavy atom. The fraction of sp³-hybridized carbons (Fsp3) is 0.438. The predicted molar refractivity (Wildman–Crippen MR) is 94.1 cm³/mol. The Labute approximate surface area is 153 Å². The summed E-state index contributed by atoms with van der Waals surface area (Å²) in [6, 6.07) is 6.01. The molecule has 134 valence electrons. The van der Waals surface area contributed by atoms with Gasteiger partial charge in [0, 0.05) is 5.75 Å². The van der Waals surface area contributed by atoms with Crippen molar-refractivity contribution < 1.29 is 19.5 Å². The van der Waals surface area contributed by atoms with Gasteiger partial charge in [-0.25, -0.2) is 4.79 Å². The van der Waals surface area contributed by atoms with Crippen LogP contribution >= 0.6 is 23.4 Å². The molecule has 2 aliphatic heterocycles. The topological polar surface area (TPSA) is 113 Å².